The van der Waals surface area contributed by atoms with Crippen molar-refractivity contribution in [3.63, 3.8) is 0 Å². The molecule has 2 heterocycles. The highest BCUT2D eigenvalue weighted by Crippen LogP contribution is 2.61. The van der Waals surface area contributed by atoms with Gasteiger partial charge in [0.05, 0.1) is 14.2 Å². The standard InChI is InChI=1S/C26H31N5O3/c1-15-6-21(32-2)22(33-3)10-20(15)28-25-27-5-4-23(30-25)29-24-19(14-34-31-24)26-11-16-7-17(12-26)9-18(8-16)13-26/h4-6,10,14,16-18H,7-9,11-13H2,1-3H3,(H2,27,28,29,30,31). The molecule has 178 valence electrons. The third kappa shape index (κ3) is 3.65. The molecule has 4 aliphatic carbocycles. The SMILES string of the molecule is COc1cc(C)c(Nc2nccc(Nc3nocc3C34CC5CC(CC(C5)C3)C4)n2)cc1OC. The highest BCUT2D eigenvalue weighted by Gasteiger charge is 2.53. The number of ether oxygens (including phenoxy) is 2. The van der Waals surface area contributed by atoms with E-state index in [4.69, 9.17) is 14.0 Å². The van der Waals surface area contributed by atoms with Crippen LogP contribution >= 0.6 is 0 Å². The second-order valence-corrected chi connectivity index (χ2v) is 10.3. The Morgan fingerprint density at radius 3 is 2.32 bits per heavy atom. The van der Waals surface area contributed by atoms with Gasteiger partial charge in [-0.15, -0.1) is 0 Å². The average Bonchev–Trinajstić information content (AvgIpc) is 3.28. The van der Waals surface area contributed by atoms with Gasteiger partial charge in [0.2, 0.25) is 5.95 Å². The second-order valence-electron chi connectivity index (χ2n) is 10.3. The van der Waals surface area contributed by atoms with Crippen molar-refractivity contribution in [2.24, 2.45) is 17.8 Å². The third-order valence-corrected chi connectivity index (χ3v) is 8.06. The van der Waals surface area contributed by atoms with E-state index in [1.807, 2.05) is 31.4 Å². The molecule has 8 heteroatoms. The molecule has 4 aliphatic rings. The Kier molecular flexibility index (Phi) is 5.12. The van der Waals surface area contributed by atoms with E-state index in [0.29, 0.717) is 23.3 Å². The van der Waals surface area contributed by atoms with E-state index in [1.165, 1.54) is 44.1 Å². The van der Waals surface area contributed by atoms with E-state index < -0.39 is 0 Å². The van der Waals surface area contributed by atoms with Gasteiger partial charge in [0.15, 0.2) is 17.3 Å². The molecule has 7 rings (SSSR count). The van der Waals surface area contributed by atoms with Crippen molar-refractivity contribution < 1.29 is 14.0 Å². The average molecular weight is 462 g/mol. The summed E-state index contributed by atoms with van der Waals surface area (Å²) in [4.78, 5) is 9.08. The molecule has 0 radical (unpaired) electrons. The lowest BCUT2D eigenvalue weighted by Crippen LogP contribution is -2.48. The predicted octanol–water partition coefficient (Wildman–Crippen LogP) is 5.75. The molecular weight excluding hydrogens is 430 g/mol. The lowest BCUT2D eigenvalue weighted by Gasteiger charge is -2.56. The van der Waals surface area contributed by atoms with Crippen molar-refractivity contribution >= 4 is 23.3 Å². The zero-order chi connectivity index (χ0) is 23.3. The number of benzene rings is 1. The fourth-order valence-electron chi connectivity index (χ4n) is 6.99. The summed E-state index contributed by atoms with van der Waals surface area (Å²) in [6, 6.07) is 5.67. The van der Waals surface area contributed by atoms with E-state index >= 15 is 0 Å². The maximum Gasteiger partial charge on any atom is 0.229 e. The molecule has 0 atom stereocenters. The lowest BCUT2D eigenvalue weighted by atomic mass is 9.48. The van der Waals surface area contributed by atoms with Crippen LogP contribution in [0.3, 0.4) is 0 Å². The van der Waals surface area contributed by atoms with Crippen molar-refractivity contribution in [3.8, 4) is 11.5 Å². The number of anilines is 4. The summed E-state index contributed by atoms with van der Waals surface area (Å²) >= 11 is 0. The molecule has 0 saturated heterocycles. The summed E-state index contributed by atoms with van der Waals surface area (Å²) in [5.41, 5.74) is 3.27. The Balaban J connectivity index is 1.24. The highest BCUT2D eigenvalue weighted by atomic mass is 16.5. The van der Waals surface area contributed by atoms with E-state index in [-0.39, 0.29) is 5.41 Å². The van der Waals surface area contributed by atoms with Crippen LogP contribution < -0.4 is 20.1 Å². The third-order valence-electron chi connectivity index (χ3n) is 8.06. The van der Waals surface area contributed by atoms with Crippen molar-refractivity contribution in [2.75, 3.05) is 24.9 Å². The maximum absolute atomic E-state index is 5.50. The van der Waals surface area contributed by atoms with Crippen LogP contribution in [0.4, 0.5) is 23.3 Å². The number of nitrogens with one attached hydrogen (secondary N) is 2. The second kappa shape index (κ2) is 8.18. The lowest BCUT2D eigenvalue weighted by molar-refractivity contribution is -0.00512. The summed E-state index contributed by atoms with van der Waals surface area (Å²) in [5, 5.41) is 11.1. The summed E-state index contributed by atoms with van der Waals surface area (Å²) in [6.45, 7) is 2.00. The van der Waals surface area contributed by atoms with Gasteiger partial charge in [-0.2, -0.15) is 4.98 Å². The molecule has 4 fully saturated rings. The van der Waals surface area contributed by atoms with Crippen LogP contribution in [0.2, 0.25) is 0 Å². The van der Waals surface area contributed by atoms with Crippen molar-refractivity contribution in [1.82, 2.24) is 15.1 Å². The largest absolute Gasteiger partial charge is 0.493 e. The predicted molar refractivity (Wildman–Crippen MR) is 129 cm³/mol. The van der Waals surface area contributed by atoms with Gasteiger partial charge in [0.1, 0.15) is 12.1 Å². The number of aryl methyl sites for hydroxylation is 1. The van der Waals surface area contributed by atoms with Gasteiger partial charge in [-0.05, 0) is 80.9 Å². The Morgan fingerprint density at radius 1 is 0.971 bits per heavy atom. The molecule has 0 amide bonds. The molecule has 1 aromatic carbocycles. The first-order valence-corrected chi connectivity index (χ1v) is 12.1. The quantitative estimate of drug-likeness (QED) is 0.460. The van der Waals surface area contributed by atoms with Gasteiger partial charge < -0.3 is 24.6 Å². The molecule has 4 saturated carbocycles. The molecule has 2 aromatic heterocycles. The molecule has 8 nitrogen and oxygen atoms in total. The molecule has 3 aromatic rings. The van der Waals surface area contributed by atoms with E-state index in [9.17, 15) is 0 Å². The fraction of sp³-hybridized carbons (Fsp3) is 0.500. The van der Waals surface area contributed by atoms with E-state index in [2.05, 4.69) is 25.8 Å². The molecular formula is C26H31N5O3. The van der Waals surface area contributed by atoms with Crippen LogP contribution in [0.5, 0.6) is 11.5 Å². The number of hydrogen-bond acceptors (Lipinski definition) is 8. The van der Waals surface area contributed by atoms with E-state index in [1.54, 1.807) is 20.4 Å². The van der Waals surface area contributed by atoms with Gasteiger partial charge >= 0.3 is 0 Å². The van der Waals surface area contributed by atoms with Crippen LogP contribution in [0, 0.1) is 24.7 Å². The number of nitrogens with zero attached hydrogens (tertiary/aromatic N) is 3. The van der Waals surface area contributed by atoms with Crippen molar-refractivity contribution in [1.29, 1.82) is 0 Å². The zero-order valence-corrected chi connectivity index (χ0v) is 19.9. The molecule has 4 bridgehead atoms. The Morgan fingerprint density at radius 2 is 1.65 bits per heavy atom. The Hall–Kier alpha value is -3.29. The van der Waals surface area contributed by atoms with Crippen LogP contribution in [-0.4, -0.2) is 29.3 Å². The first-order valence-electron chi connectivity index (χ1n) is 12.1. The van der Waals surface area contributed by atoms with Crippen LogP contribution in [0.1, 0.15) is 49.7 Å². The molecule has 0 unspecified atom stereocenters. The topological polar surface area (TPSA) is 94.3 Å². The van der Waals surface area contributed by atoms with Crippen LogP contribution in [0.15, 0.2) is 35.2 Å². The molecule has 0 spiro atoms. The molecule has 34 heavy (non-hydrogen) atoms. The summed E-state index contributed by atoms with van der Waals surface area (Å²) in [6.07, 6.45) is 11.6. The summed E-state index contributed by atoms with van der Waals surface area (Å²) in [7, 11) is 3.25. The first kappa shape index (κ1) is 21.3. The fourth-order valence-corrected chi connectivity index (χ4v) is 6.99. The van der Waals surface area contributed by atoms with Gasteiger partial charge in [0.25, 0.3) is 0 Å². The minimum atomic E-state index is 0.196. The zero-order valence-electron chi connectivity index (χ0n) is 19.9. The normalized spacial score (nSPS) is 27.0. The van der Waals surface area contributed by atoms with Crippen molar-refractivity contribution in [2.45, 2.75) is 50.9 Å². The number of aromatic nitrogens is 3. The van der Waals surface area contributed by atoms with E-state index in [0.717, 1.165) is 34.8 Å². The number of hydrogen-bond donors (Lipinski definition) is 2. The molecule has 0 aliphatic heterocycles. The monoisotopic (exact) mass is 461 g/mol. The maximum atomic E-state index is 5.50. The number of methoxy groups -OCH3 is 2. The smallest absolute Gasteiger partial charge is 0.229 e. The Labute approximate surface area is 199 Å². The van der Waals surface area contributed by atoms with Gasteiger partial charge in [0, 0.05) is 28.9 Å². The molecule has 2 N–H and O–H groups in total. The summed E-state index contributed by atoms with van der Waals surface area (Å²) < 4.78 is 16.3. The minimum absolute atomic E-state index is 0.196. The van der Waals surface area contributed by atoms with Gasteiger partial charge in [-0.25, -0.2) is 4.98 Å². The van der Waals surface area contributed by atoms with Gasteiger partial charge in [-0.1, -0.05) is 5.16 Å². The van der Waals surface area contributed by atoms with Gasteiger partial charge in [-0.3, -0.25) is 0 Å². The Bertz CT molecular complexity index is 1170. The highest BCUT2D eigenvalue weighted by molar-refractivity contribution is 5.66. The van der Waals surface area contributed by atoms with Crippen molar-refractivity contribution in [3.05, 3.63) is 41.8 Å². The first-order chi connectivity index (χ1) is 16.5. The van der Waals surface area contributed by atoms with Crippen LogP contribution in [0.25, 0.3) is 0 Å². The van der Waals surface area contributed by atoms with Crippen LogP contribution in [-0.2, 0) is 5.41 Å². The summed E-state index contributed by atoms with van der Waals surface area (Å²) in [5.74, 6) is 5.85. The minimum Gasteiger partial charge on any atom is -0.493 e. The number of rotatable bonds is 7.